The van der Waals surface area contributed by atoms with Gasteiger partial charge in [-0.05, 0) is 13.5 Å². The first kappa shape index (κ1) is 11.5. The average molecular weight is 167 g/mol. The minimum Gasteiger partial charge on any atom is -0.309 e. The predicted octanol–water partition coefficient (Wildman–Crippen LogP) is 2.43. The summed E-state index contributed by atoms with van der Waals surface area (Å²) in [6, 6.07) is 0. The zero-order valence-corrected chi connectivity index (χ0v) is 8.61. The van der Waals surface area contributed by atoms with Crippen LogP contribution in [-0.2, 0) is 0 Å². The van der Waals surface area contributed by atoms with Crippen molar-refractivity contribution in [1.82, 2.24) is 5.32 Å². The molecule has 0 aromatic carbocycles. The highest BCUT2D eigenvalue weighted by Gasteiger charge is 1.94. The van der Waals surface area contributed by atoms with E-state index in [9.17, 15) is 0 Å². The molecule has 12 heavy (non-hydrogen) atoms. The maximum absolute atomic E-state index is 3.23. The highest BCUT2D eigenvalue weighted by atomic mass is 14.8. The van der Waals surface area contributed by atoms with Gasteiger partial charge >= 0.3 is 0 Å². The Morgan fingerprint density at radius 3 is 2.67 bits per heavy atom. The lowest BCUT2D eigenvalue weighted by Gasteiger charge is -2.01. The first-order chi connectivity index (χ1) is 5.81. The summed E-state index contributed by atoms with van der Waals surface area (Å²) in [5.41, 5.74) is 0. The molecule has 0 aliphatic rings. The topological polar surface area (TPSA) is 12.0 Å². The Kier molecular flexibility index (Phi) is 8.27. The van der Waals surface area contributed by atoms with Crippen LogP contribution >= 0.6 is 0 Å². The average Bonchev–Trinajstić information content (AvgIpc) is 2.06. The number of nitrogens with one attached hydrogen (secondary N) is 1. The Labute approximate surface area is 76.9 Å². The van der Waals surface area contributed by atoms with Gasteiger partial charge in [-0.3, -0.25) is 0 Å². The molecule has 1 unspecified atom stereocenters. The molecular formula is C11H21N. The molecule has 0 spiro atoms. The van der Waals surface area contributed by atoms with E-state index in [1.165, 1.54) is 25.7 Å². The lowest BCUT2D eigenvalue weighted by molar-refractivity contribution is 0.588. The molecule has 0 bridgehead atoms. The third-order valence-electron chi connectivity index (χ3n) is 1.85. The molecule has 0 aromatic rings. The van der Waals surface area contributed by atoms with Gasteiger partial charge < -0.3 is 5.32 Å². The Hall–Kier alpha value is -0.480. The van der Waals surface area contributed by atoms with Crippen LogP contribution in [0.4, 0.5) is 0 Å². The first-order valence-corrected chi connectivity index (χ1v) is 4.94. The second kappa shape index (κ2) is 8.62. The summed E-state index contributed by atoms with van der Waals surface area (Å²) in [5.74, 6) is 6.90. The molecule has 0 rings (SSSR count). The van der Waals surface area contributed by atoms with Gasteiger partial charge in [0.15, 0.2) is 0 Å². The molecule has 70 valence electrons. The highest BCUT2D eigenvalue weighted by Crippen LogP contribution is 2.07. The molecule has 0 aliphatic heterocycles. The normalized spacial score (nSPS) is 11.9. The van der Waals surface area contributed by atoms with Crippen molar-refractivity contribution in [3.63, 3.8) is 0 Å². The minimum absolute atomic E-state index is 0.574. The molecular weight excluding hydrogens is 146 g/mol. The molecule has 0 saturated carbocycles. The highest BCUT2D eigenvalue weighted by molar-refractivity contribution is 5.03. The van der Waals surface area contributed by atoms with E-state index in [-0.39, 0.29) is 0 Å². The zero-order valence-electron chi connectivity index (χ0n) is 8.61. The second-order valence-corrected chi connectivity index (χ2v) is 3.25. The van der Waals surface area contributed by atoms with Crippen LogP contribution in [-0.4, -0.2) is 13.6 Å². The van der Waals surface area contributed by atoms with Crippen LogP contribution in [0.2, 0.25) is 0 Å². The van der Waals surface area contributed by atoms with Crippen LogP contribution in [0.15, 0.2) is 0 Å². The van der Waals surface area contributed by atoms with Crippen LogP contribution in [0.5, 0.6) is 0 Å². The smallest absolute Gasteiger partial charge is 0.0574 e. The van der Waals surface area contributed by atoms with Gasteiger partial charge in [0.25, 0.3) is 0 Å². The summed E-state index contributed by atoms with van der Waals surface area (Å²) >= 11 is 0. The summed E-state index contributed by atoms with van der Waals surface area (Å²) in [6.07, 6.45) is 5.23. The van der Waals surface area contributed by atoms with Crippen LogP contribution < -0.4 is 5.32 Å². The Morgan fingerprint density at radius 2 is 2.08 bits per heavy atom. The summed E-state index contributed by atoms with van der Waals surface area (Å²) in [7, 11) is 1.93. The van der Waals surface area contributed by atoms with Gasteiger partial charge in [0.1, 0.15) is 0 Å². The van der Waals surface area contributed by atoms with Crippen LogP contribution in [0.1, 0.15) is 39.5 Å². The lowest BCUT2D eigenvalue weighted by atomic mass is 10.0. The van der Waals surface area contributed by atoms with E-state index in [1.54, 1.807) is 0 Å². The van der Waals surface area contributed by atoms with Gasteiger partial charge in [-0.25, -0.2) is 0 Å². The molecule has 0 aliphatic carbocycles. The van der Waals surface area contributed by atoms with Crippen molar-refractivity contribution in [2.75, 3.05) is 13.6 Å². The van der Waals surface area contributed by atoms with E-state index in [0.29, 0.717) is 5.92 Å². The van der Waals surface area contributed by atoms with Crippen LogP contribution in [0.3, 0.4) is 0 Å². The van der Waals surface area contributed by atoms with Gasteiger partial charge in [-0.1, -0.05) is 45.0 Å². The number of hydrogen-bond donors (Lipinski definition) is 1. The fraction of sp³-hybridized carbons (Fsp3) is 0.818. The summed E-state index contributed by atoms with van der Waals surface area (Å²) < 4.78 is 0. The third-order valence-corrected chi connectivity index (χ3v) is 1.85. The Bertz CT molecular complexity index is 141. The Balaban J connectivity index is 3.33. The molecule has 0 amide bonds. The van der Waals surface area contributed by atoms with Gasteiger partial charge in [-0.15, -0.1) is 0 Å². The minimum atomic E-state index is 0.574. The maximum Gasteiger partial charge on any atom is 0.0574 e. The monoisotopic (exact) mass is 167 g/mol. The van der Waals surface area contributed by atoms with Crippen molar-refractivity contribution in [1.29, 1.82) is 0 Å². The molecule has 1 heteroatoms. The van der Waals surface area contributed by atoms with E-state index >= 15 is 0 Å². The molecule has 0 aromatic heterocycles. The first-order valence-electron chi connectivity index (χ1n) is 4.94. The second-order valence-electron chi connectivity index (χ2n) is 3.25. The SMILES string of the molecule is CCCCCC(C)C#CCNC. The van der Waals surface area contributed by atoms with Gasteiger partial charge in [0.05, 0.1) is 6.54 Å². The van der Waals surface area contributed by atoms with Gasteiger partial charge in [-0.2, -0.15) is 0 Å². The summed E-state index contributed by atoms with van der Waals surface area (Å²) in [5, 5.41) is 3.02. The predicted molar refractivity (Wildman–Crippen MR) is 55.0 cm³/mol. The number of hydrogen-bond acceptors (Lipinski definition) is 1. The van der Waals surface area contributed by atoms with E-state index < -0.39 is 0 Å². The van der Waals surface area contributed by atoms with Crippen molar-refractivity contribution in [2.24, 2.45) is 5.92 Å². The fourth-order valence-electron chi connectivity index (χ4n) is 1.09. The van der Waals surface area contributed by atoms with Crippen LogP contribution in [0, 0.1) is 17.8 Å². The number of unbranched alkanes of at least 4 members (excludes halogenated alkanes) is 2. The zero-order chi connectivity index (χ0) is 9.23. The van der Waals surface area contributed by atoms with Gasteiger partial charge in [0.2, 0.25) is 0 Å². The van der Waals surface area contributed by atoms with Crippen molar-refractivity contribution < 1.29 is 0 Å². The van der Waals surface area contributed by atoms with Gasteiger partial charge in [0, 0.05) is 5.92 Å². The van der Waals surface area contributed by atoms with E-state index in [2.05, 4.69) is 31.0 Å². The molecule has 1 N–H and O–H groups in total. The van der Waals surface area contributed by atoms with Crippen molar-refractivity contribution >= 4 is 0 Å². The molecule has 0 fully saturated rings. The summed E-state index contributed by atoms with van der Waals surface area (Å²) in [4.78, 5) is 0. The quantitative estimate of drug-likeness (QED) is 0.490. The number of rotatable bonds is 5. The fourth-order valence-corrected chi connectivity index (χ4v) is 1.09. The third kappa shape index (κ3) is 7.63. The molecule has 1 atom stereocenters. The molecule has 0 saturated heterocycles. The van der Waals surface area contributed by atoms with E-state index in [4.69, 9.17) is 0 Å². The van der Waals surface area contributed by atoms with E-state index in [0.717, 1.165) is 6.54 Å². The van der Waals surface area contributed by atoms with Crippen molar-refractivity contribution in [3.05, 3.63) is 0 Å². The van der Waals surface area contributed by atoms with Crippen LogP contribution in [0.25, 0.3) is 0 Å². The Morgan fingerprint density at radius 1 is 1.33 bits per heavy atom. The largest absolute Gasteiger partial charge is 0.309 e. The summed E-state index contributed by atoms with van der Waals surface area (Å²) in [6.45, 7) is 5.26. The van der Waals surface area contributed by atoms with E-state index in [1.807, 2.05) is 7.05 Å². The lowest BCUT2D eigenvalue weighted by Crippen LogP contribution is -2.05. The molecule has 1 nitrogen and oxygen atoms in total. The molecule has 0 heterocycles. The van der Waals surface area contributed by atoms with Crippen molar-refractivity contribution in [2.45, 2.75) is 39.5 Å². The molecule has 0 radical (unpaired) electrons. The standard InChI is InChI=1S/C11H21N/c1-4-5-6-8-11(2)9-7-10-12-3/h11-12H,4-6,8,10H2,1-3H3. The maximum atomic E-state index is 3.23. The van der Waals surface area contributed by atoms with Crippen molar-refractivity contribution in [3.8, 4) is 11.8 Å².